The van der Waals surface area contributed by atoms with Crippen molar-refractivity contribution >= 4 is 23.6 Å². The third-order valence-corrected chi connectivity index (χ3v) is 8.86. The minimum atomic E-state index is -1.06. The largest absolute Gasteiger partial charge is 0.504 e. The summed E-state index contributed by atoms with van der Waals surface area (Å²) in [5, 5.41) is 33.0. The summed E-state index contributed by atoms with van der Waals surface area (Å²) >= 11 is 0. The molecule has 4 aliphatic rings. The zero-order valence-corrected chi connectivity index (χ0v) is 23.2. The number of amides is 4. The Morgan fingerprint density at radius 1 is 1.02 bits per heavy atom. The first-order chi connectivity index (χ1) is 19.6. The minimum absolute atomic E-state index is 0.0271. The molecule has 2 aliphatic carbocycles. The van der Waals surface area contributed by atoms with Crippen LogP contribution in [0.1, 0.15) is 30.4 Å². The number of rotatable bonds is 11. The van der Waals surface area contributed by atoms with Gasteiger partial charge in [-0.3, -0.25) is 19.2 Å². The van der Waals surface area contributed by atoms with Crippen LogP contribution in [0.2, 0.25) is 0 Å². The van der Waals surface area contributed by atoms with Crippen LogP contribution in [0.25, 0.3) is 0 Å². The Balaban J connectivity index is 1.12. The summed E-state index contributed by atoms with van der Waals surface area (Å²) in [7, 11) is 3.47. The van der Waals surface area contributed by atoms with Gasteiger partial charge in [-0.2, -0.15) is 0 Å². The van der Waals surface area contributed by atoms with Crippen LogP contribution in [0.3, 0.4) is 0 Å². The number of hydrogen-bond acceptors (Lipinski definition) is 10. The van der Waals surface area contributed by atoms with Gasteiger partial charge in [-0.25, -0.2) is 0 Å². The number of carbonyl (C=O) groups is 4. The van der Waals surface area contributed by atoms with E-state index in [4.69, 9.17) is 14.2 Å². The molecule has 41 heavy (non-hydrogen) atoms. The van der Waals surface area contributed by atoms with Gasteiger partial charge in [0.05, 0.1) is 23.7 Å². The van der Waals surface area contributed by atoms with Gasteiger partial charge in [-0.1, -0.05) is 6.07 Å². The van der Waals surface area contributed by atoms with Crippen LogP contribution < -0.4 is 26.0 Å². The summed E-state index contributed by atoms with van der Waals surface area (Å²) in [6, 6.07) is 3.01. The lowest BCUT2D eigenvalue weighted by Crippen LogP contribution is -2.77. The molecule has 0 radical (unpaired) electrons. The number of nitrogens with one attached hydrogen (secondary N) is 4. The first-order valence-electron chi connectivity index (χ1n) is 13.7. The van der Waals surface area contributed by atoms with E-state index >= 15 is 0 Å². The molecule has 224 valence electrons. The van der Waals surface area contributed by atoms with Gasteiger partial charge in [0.2, 0.25) is 23.6 Å². The van der Waals surface area contributed by atoms with E-state index in [-0.39, 0.29) is 44.2 Å². The van der Waals surface area contributed by atoms with Gasteiger partial charge in [0, 0.05) is 18.7 Å². The van der Waals surface area contributed by atoms with Crippen LogP contribution in [0, 0.1) is 0 Å². The molecule has 14 nitrogen and oxygen atoms in total. The van der Waals surface area contributed by atoms with Gasteiger partial charge in [-0.15, -0.1) is 0 Å². The molecule has 5 rings (SSSR count). The fourth-order valence-corrected chi connectivity index (χ4v) is 7.04. The van der Waals surface area contributed by atoms with Crippen LogP contribution >= 0.6 is 0 Å². The summed E-state index contributed by atoms with van der Waals surface area (Å²) in [4.78, 5) is 49.8. The fourth-order valence-electron chi connectivity index (χ4n) is 7.04. The van der Waals surface area contributed by atoms with Gasteiger partial charge in [0.1, 0.15) is 32.5 Å². The monoisotopic (exact) mass is 575 g/mol. The number of phenols is 1. The van der Waals surface area contributed by atoms with Crippen LogP contribution in [0.15, 0.2) is 12.1 Å². The summed E-state index contributed by atoms with van der Waals surface area (Å²) < 4.78 is 16.5. The van der Waals surface area contributed by atoms with Crippen molar-refractivity contribution in [1.82, 2.24) is 26.2 Å². The molecule has 2 aliphatic heterocycles. The Morgan fingerprint density at radius 3 is 2.37 bits per heavy atom. The number of carbonyl (C=O) groups excluding carboxylic acids is 4. The molecule has 1 unspecified atom stereocenters. The fraction of sp³-hybridized carbons (Fsp3) is 0.630. The van der Waals surface area contributed by atoms with Crippen molar-refractivity contribution in [3.8, 4) is 11.5 Å². The number of ether oxygens (including phenoxy) is 3. The zero-order valence-electron chi connectivity index (χ0n) is 23.2. The molecule has 4 amide bonds. The number of phenolic OH excluding ortho intramolecular Hbond substituents is 1. The molecule has 1 saturated carbocycles. The van der Waals surface area contributed by atoms with Gasteiger partial charge < -0.3 is 50.6 Å². The molecule has 1 saturated heterocycles. The van der Waals surface area contributed by atoms with E-state index in [1.54, 1.807) is 6.07 Å². The zero-order chi connectivity index (χ0) is 29.4. The Hall–Kier alpha value is -3.46. The smallest absolute Gasteiger partial charge is 0.247 e. The molecular weight excluding hydrogens is 538 g/mol. The molecule has 2 bridgehead atoms. The molecule has 5 atom stereocenters. The number of aliphatic hydroxyl groups is 1. The highest BCUT2D eigenvalue weighted by Crippen LogP contribution is 2.65. The maximum absolute atomic E-state index is 12.8. The first kappa shape index (κ1) is 29.0. The van der Waals surface area contributed by atoms with Gasteiger partial charge in [0.25, 0.3) is 0 Å². The predicted molar refractivity (Wildman–Crippen MR) is 142 cm³/mol. The molecule has 1 aromatic carbocycles. The highest BCUT2D eigenvalue weighted by Gasteiger charge is 2.72. The van der Waals surface area contributed by atoms with Crippen LogP contribution in [0.5, 0.6) is 11.5 Å². The van der Waals surface area contributed by atoms with Crippen molar-refractivity contribution in [2.24, 2.45) is 0 Å². The number of likely N-dealkylation sites (N-methyl/N-ethyl adjacent to an activating group) is 2. The standard InChI is InChI=1S/C27H37N5O9/c1-28-19(34)10-39-11-20(35)29-14-30-21(36)12-40-13-22(37)31-16-5-6-27(38)18-9-15-3-4-17(33)24-23(15)26(27,25(16)41-24)7-8-32(18)2/h3-4,16,18,25,33,38H,5-14H2,1-2H3,(H,28,34)(H,29,35)(H,30,36)(H,31,37)/t16-,18?,25-,26-,27+/m0/s1. The van der Waals surface area contributed by atoms with Gasteiger partial charge in [0.15, 0.2) is 11.5 Å². The van der Waals surface area contributed by atoms with Gasteiger partial charge >= 0.3 is 0 Å². The molecule has 2 fully saturated rings. The predicted octanol–water partition coefficient (Wildman–Crippen LogP) is -2.37. The third kappa shape index (κ3) is 5.09. The molecule has 2 heterocycles. The van der Waals surface area contributed by atoms with E-state index in [9.17, 15) is 29.4 Å². The number of aromatic hydroxyl groups is 1. The Morgan fingerprint density at radius 2 is 1.68 bits per heavy atom. The lowest BCUT2D eigenvalue weighted by atomic mass is 9.48. The second-order valence-electron chi connectivity index (χ2n) is 11.1. The van der Waals surface area contributed by atoms with E-state index < -0.39 is 47.5 Å². The topological polar surface area (TPSA) is 188 Å². The van der Waals surface area contributed by atoms with Gasteiger partial charge in [-0.05, 0) is 50.9 Å². The van der Waals surface area contributed by atoms with Crippen molar-refractivity contribution in [3.63, 3.8) is 0 Å². The average Bonchev–Trinajstić information content (AvgIpc) is 3.30. The Labute approximate surface area is 237 Å². The maximum Gasteiger partial charge on any atom is 0.247 e. The summed E-state index contributed by atoms with van der Waals surface area (Å²) in [5.74, 6) is -1.43. The van der Waals surface area contributed by atoms with Crippen LogP contribution in [0.4, 0.5) is 0 Å². The summed E-state index contributed by atoms with van der Waals surface area (Å²) in [5.41, 5.74) is 0.112. The van der Waals surface area contributed by atoms with Crippen LogP contribution in [-0.2, 0) is 40.5 Å². The molecule has 1 spiro atoms. The first-order valence-corrected chi connectivity index (χ1v) is 13.7. The van der Waals surface area contributed by atoms with Crippen molar-refractivity contribution in [1.29, 1.82) is 0 Å². The minimum Gasteiger partial charge on any atom is -0.504 e. The Bertz CT molecular complexity index is 1230. The second kappa shape index (κ2) is 11.4. The highest BCUT2D eigenvalue weighted by molar-refractivity contribution is 5.81. The lowest BCUT2D eigenvalue weighted by molar-refractivity contribution is -0.187. The number of nitrogens with zero attached hydrogens (tertiary/aromatic N) is 1. The maximum atomic E-state index is 12.8. The Kier molecular flexibility index (Phi) is 8.10. The van der Waals surface area contributed by atoms with Crippen molar-refractivity contribution in [2.75, 3.05) is 53.7 Å². The summed E-state index contributed by atoms with van der Waals surface area (Å²) in [6.07, 6.45) is 1.68. The average molecular weight is 576 g/mol. The van der Waals surface area contributed by atoms with E-state index in [1.807, 2.05) is 13.1 Å². The molecule has 14 heteroatoms. The van der Waals surface area contributed by atoms with E-state index in [0.717, 1.165) is 17.7 Å². The molecule has 1 aromatic rings. The van der Waals surface area contributed by atoms with Crippen LogP contribution in [-0.4, -0.2) is 116 Å². The van der Waals surface area contributed by atoms with E-state index in [1.165, 1.54) is 7.05 Å². The number of piperidine rings is 1. The normalized spacial score (nSPS) is 29.1. The van der Waals surface area contributed by atoms with E-state index in [2.05, 4.69) is 26.2 Å². The van der Waals surface area contributed by atoms with Crippen molar-refractivity contribution in [3.05, 3.63) is 23.3 Å². The number of hydrogen-bond donors (Lipinski definition) is 6. The summed E-state index contributed by atoms with van der Waals surface area (Å²) in [6.45, 7) is -0.786. The quantitative estimate of drug-likeness (QED) is 0.156. The lowest BCUT2D eigenvalue weighted by Gasteiger charge is -2.63. The molecule has 6 N–H and O–H groups in total. The highest BCUT2D eigenvalue weighted by atomic mass is 16.5. The SMILES string of the molecule is CNC(=O)COCC(=O)NCNC(=O)COCC(=O)N[C@H]1CC[C@@]2(O)C3Cc4ccc(O)c5c4[C@@]2(CCN3C)[C@H]1O5. The van der Waals surface area contributed by atoms with Crippen molar-refractivity contribution in [2.45, 2.75) is 54.9 Å². The molecule has 0 aromatic heterocycles. The number of benzene rings is 1. The second-order valence-corrected chi connectivity index (χ2v) is 11.1. The third-order valence-electron chi connectivity index (χ3n) is 8.86. The van der Waals surface area contributed by atoms with Crippen molar-refractivity contribution < 1.29 is 43.6 Å². The molecular formula is C27H37N5O9. The van der Waals surface area contributed by atoms with E-state index in [0.29, 0.717) is 31.4 Å². The number of likely N-dealkylation sites (tertiary alicyclic amines) is 1.